The van der Waals surface area contributed by atoms with Crippen molar-refractivity contribution < 1.29 is 14.3 Å². The van der Waals surface area contributed by atoms with Crippen LogP contribution in [0.2, 0.25) is 0 Å². The van der Waals surface area contributed by atoms with E-state index in [1.807, 2.05) is 0 Å². The Bertz CT molecular complexity index is 461. The molecule has 1 amide bonds. The smallest absolute Gasteiger partial charge is 0.258 e. The van der Waals surface area contributed by atoms with Gasteiger partial charge in [0, 0.05) is 12.6 Å². The number of pyridine rings is 1. The molecular weight excluding hydrogens is 249 g/mol. The van der Waals surface area contributed by atoms with Crippen LogP contribution in [0.3, 0.4) is 0 Å². The molecule has 5 nitrogen and oxygen atoms in total. The first-order chi connectivity index (χ1) is 9.13. The Labute approximate surface area is 111 Å². The number of aliphatic hydroxyl groups is 1. The van der Waals surface area contributed by atoms with Crippen LogP contribution in [0.1, 0.15) is 36.0 Å². The van der Waals surface area contributed by atoms with Crippen molar-refractivity contribution in [1.29, 1.82) is 0 Å². The number of rotatable bonds is 4. The molecule has 1 aliphatic rings. The topological polar surface area (TPSA) is 79.5 Å². The molecule has 104 valence electrons. The Morgan fingerprint density at radius 1 is 1.53 bits per heavy atom. The normalized spacial score (nSPS) is 15.7. The Hall–Kier alpha value is -1.69. The molecule has 0 atom stereocenters. The lowest BCUT2D eigenvalue weighted by Gasteiger charge is -2.28. The van der Waals surface area contributed by atoms with Crippen LogP contribution in [0.5, 0.6) is 0 Å². The molecule has 2 rings (SSSR count). The summed E-state index contributed by atoms with van der Waals surface area (Å²) in [5, 5.41) is 9.10. The maximum Gasteiger partial charge on any atom is 0.258 e. The lowest BCUT2D eigenvalue weighted by atomic mass is 10.1. The number of nitrogens with zero attached hydrogens (tertiary/aromatic N) is 2. The van der Waals surface area contributed by atoms with E-state index in [4.69, 9.17) is 10.8 Å². The molecule has 1 heterocycles. The predicted octanol–water partition coefficient (Wildman–Crippen LogP) is 1.18. The molecule has 0 aromatic carbocycles. The van der Waals surface area contributed by atoms with Gasteiger partial charge < -0.3 is 15.7 Å². The number of hydrogen-bond acceptors (Lipinski definition) is 4. The van der Waals surface area contributed by atoms with Crippen LogP contribution >= 0.6 is 0 Å². The molecule has 3 N–H and O–H groups in total. The van der Waals surface area contributed by atoms with E-state index in [-0.39, 0.29) is 36.5 Å². The van der Waals surface area contributed by atoms with Crippen molar-refractivity contribution in [2.75, 3.05) is 18.9 Å². The minimum atomic E-state index is -0.590. The van der Waals surface area contributed by atoms with Gasteiger partial charge >= 0.3 is 0 Å². The fraction of sp³-hybridized carbons (Fsp3) is 0.538. The van der Waals surface area contributed by atoms with Gasteiger partial charge in [0.2, 0.25) is 0 Å². The summed E-state index contributed by atoms with van der Waals surface area (Å²) in [6.45, 7) is 0.115. The molecule has 1 aliphatic carbocycles. The van der Waals surface area contributed by atoms with Crippen LogP contribution in [0, 0.1) is 5.82 Å². The highest BCUT2D eigenvalue weighted by atomic mass is 19.1. The minimum absolute atomic E-state index is 0.0207. The standard InChI is InChI=1S/C13H18FN3O2/c14-9-7-11(12(15)16-8-9)13(19)17(5-6-18)10-3-1-2-4-10/h7-8,10,18H,1-6H2,(H2,15,16). The fourth-order valence-corrected chi connectivity index (χ4v) is 2.55. The first-order valence-electron chi connectivity index (χ1n) is 6.46. The summed E-state index contributed by atoms with van der Waals surface area (Å²) in [7, 11) is 0. The lowest BCUT2D eigenvalue weighted by Crippen LogP contribution is -2.41. The first-order valence-corrected chi connectivity index (χ1v) is 6.46. The number of hydrogen-bond donors (Lipinski definition) is 2. The molecule has 0 unspecified atom stereocenters. The van der Waals surface area contributed by atoms with Crippen molar-refractivity contribution >= 4 is 11.7 Å². The Kier molecular flexibility index (Phi) is 4.31. The van der Waals surface area contributed by atoms with E-state index in [2.05, 4.69) is 4.98 Å². The van der Waals surface area contributed by atoms with Crippen LogP contribution in [-0.2, 0) is 0 Å². The second-order valence-corrected chi connectivity index (χ2v) is 4.75. The molecule has 0 radical (unpaired) electrons. The molecule has 6 heteroatoms. The highest BCUT2D eigenvalue weighted by Crippen LogP contribution is 2.25. The number of nitrogens with two attached hydrogens (primary N) is 1. The number of carbonyl (C=O) groups is 1. The third kappa shape index (κ3) is 3.01. The average molecular weight is 267 g/mol. The number of carbonyl (C=O) groups excluding carboxylic acids is 1. The number of anilines is 1. The van der Waals surface area contributed by atoms with E-state index in [1.54, 1.807) is 4.90 Å². The van der Waals surface area contributed by atoms with E-state index < -0.39 is 5.82 Å². The molecule has 1 aromatic rings. The molecule has 0 spiro atoms. The lowest BCUT2D eigenvalue weighted by molar-refractivity contribution is 0.0638. The number of nitrogen functional groups attached to an aromatic ring is 1. The third-order valence-electron chi connectivity index (χ3n) is 3.48. The molecule has 1 fully saturated rings. The van der Waals surface area contributed by atoms with E-state index in [0.717, 1.165) is 37.9 Å². The highest BCUT2D eigenvalue weighted by molar-refractivity contribution is 5.98. The van der Waals surface area contributed by atoms with Crippen molar-refractivity contribution in [3.05, 3.63) is 23.6 Å². The van der Waals surface area contributed by atoms with E-state index in [1.165, 1.54) is 0 Å². The molecule has 0 saturated heterocycles. The summed E-state index contributed by atoms with van der Waals surface area (Å²) in [6.07, 6.45) is 4.94. The monoisotopic (exact) mass is 267 g/mol. The van der Waals surface area contributed by atoms with Crippen LogP contribution in [-0.4, -0.2) is 40.1 Å². The Balaban J connectivity index is 2.25. The van der Waals surface area contributed by atoms with Gasteiger partial charge in [-0.05, 0) is 18.9 Å². The van der Waals surface area contributed by atoms with Crippen molar-refractivity contribution in [2.45, 2.75) is 31.7 Å². The van der Waals surface area contributed by atoms with Gasteiger partial charge in [-0.25, -0.2) is 9.37 Å². The molecule has 0 aliphatic heterocycles. The van der Waals surface area contributed by atoms with Gasteiger partial charge in [0.05, 0.1) is 18.4 Å². The van der Waals surface area contributed by atoms with Gasteiger partial charge in [0.15, 0.2) is 0 Å². The molecule has 1 aromatic heterocycles. The molecule has 0 bridgehead atoms. The number of halogens is 1. The second-order valence-electron chi connectivity index (χ2n) is 4.75. The van der Waals surface area contributed by atoms with Crippen LogP contribution in [0.25, 0.3) is 0 Å². The van der Waals surface area contributed by atoms with Gasteiger partial charge in [0.1, 0.15) is 11.6 Å². The summed E-state index contributed by atoms with van der Waals surface area (Å²) in [4.78, 5) is 17.7. The summed E-state index contributed by atoms with van der Waals surface area (Å²) >= 11 is 0. The number of aromatic nitrogens is 1. The summed E-state index contributed by atoms with van der Waals surface area (Å²) in [5.74, 6) is -0.925. The SMILES string of the molecule is Nc1ncc(F)cc1C(=O)N(CCO)C1CCCC1. The highest BCUT2D eigenvalue weighted by Gasteiger charge is 2.28. The fourth-order valence-electron chi connectivity index (χ4n) is 2.55. The quantitative estimate of drug-likeness (QED) is 0.858. The zero-order valence-electron chi connectivity index (χ0n) is 10.7. The largest absolute Gasteiger partial charge is 0.395 e. The van der Waals surface area contributed by atoms with Crippen LogP contribution in [0.4, 0.5) is 10.2 Å². The predicted molar refractivity (Wildman–Crippen MR) is 69.0 cm³/mol. The third-order valence-corrected chi connectivity index (χ3v) is 3.48. The minimum Gasteiger partial charge on any atom is -0.395 e. The van der Waals surface area contributed by atoms with E-state index in [0.29, 0.717) is 0 Å². The van der Waals surface area contributed by atoms with Crippen molar-refractivity contribution in [2.24, 2.45) is 0 Å². The maximum atomic E-state index is 13.2. The van der Waals surface area contributed by atoms with Crippen molar-refractivity contribution in [3.8, 4) is 0 Å². The maximum absolute atomic E-state index is 13.2. The van der Waals surface area contributed by atoms with Gasteiger partial charge in [-0.2, -0.15) is 0 Å². The Morgan fingerprint density at radius 2 is 2.21 bits per heavy atom. The van der Waals surface area contributed by atoms with Crippen LogP contribution in [0.15, 0.2) is 12.3 Å². The van der Waals surface area contributed by atoms with Gasteiger partial charge in [-0.15, -0.1) is 0 Å². The number of aliphatic hydroxyl groups excluding tert-OH is 1. The van der Waals surface area contributed by atoms with Gasteiger partial charge in [-0.1, -0.05) is 12.8 Å². The summed E-state index contributed by atoms with van der Waals surface area (Å²) in [5.41, 5.74) is 5.70. The number of amides is 1. The first kappa shape index (κ1) is 13.7. The zero-order valence-corrected chi connectivity index (χ0v) is 10.7. The summed E-state index contributed by atoms with van der Waals surface area (Å²) in [6, 6.07) is 1.20. The van der Waals surface area contributed by atoms with Crippen molar-refractivity contribution in [1.82, 2.24) is 9.88 Å². The van der Waals surface area contributed by atoms with Crippen molar-refractivity contribution in [3.63, 3.8) is 0 Å². The Morgan fingerprint density at radius 3 is 2.84 bits per heavy atom. The summed E-state index contributed by atoms with van der Waals surface area (Å²) < 4.78 is 13.2. The van der Waals surface area contributed by atoms with E-state index >= 15 is 0 Å². The zero-order chi connectivity index (χ0) is 13.8. The molecule has 1 saturated carbocycles. The average Bonchev–Trinajstić information content (AvgIpc) is 2.92. The molecule has 19 heavy (non-hydrogen) atoms. The second kappa shape index (κ2) is 5.97. The molecular formula is C13H18FN3O2. The van der Waals surface area contributed by atoms with Gasteiger partial charge in [-0.3, -0.25) is 4.79 Å². The van der Waals surface area contributed by atoms with Gasteiger partial charge in [0.25, 0.3) is 5.91 Å². The van der Waals surface area contributed by atoms with Crippen LogP contribution < -0.4 is 5.73 Å². The van der Waals surface area contributed by atoms with E-state index in [9.17, 15) is 9.18 Å².